The Bertz CT molecular complexity index is 611. The summed E-state index contributed by atoms with van der Waals surface area (Å²) in [4.78, 5) is 17.6. The zero-order valence-corrected chi connectivity index (χ0v) is 11.6. The average Bonchev–Trinajstić information content (AvgIpc) is 2.94. The fourth-order valence-corrected chi connectivity index (χ4v) is 2.91. The first-order chi connectivity index (χ1) is 9.15. The number of amides is 1. The molecule has 0 saturated carbocycles. The summed E-state index contributed by atoms with van der Waals surface area (Å²) in [6, 6.07) is 0. The molecule has 0 aliphatic carbocycles. The summed E-state index contributed by atoms with van der Waals surface area (Å²) < 4.78 is 0. The highest BCUT2D eigenvalue weighted by molar-refractivity contribution is 7.15. The third kappa shape index (κ3) is 2.26. The molecule has 3 N–H and O–H groups in total. The normalized spacial score (nSPS) is 14.2. The van der Waals surface area contributed by atoms with Gasteiger partial charge in [-0.25, -0.2) is 4.98 Å². The highest BCUT2D eigenvalue weighted by Crippen LogP contribution is 2.22. The molecule has 0 spiro atoms. The van der Waals surface area contributed by atoms with Crippen LogP contribution in [0.15, 0.2) is 0 Å². The van der Waals surface area contributed by atoms with Gasteiger partial charge in [0.2, 0.25) is 0 Å². The van der Waals surface area contributed by atoms with Crippen molar-refractivity contribution in [2.75, 3.05) is 11.9 Å². The Kier molecular flexibility index (Phi) is 3.08. The largest absolute Gasteiger partial charge is 0.312 e. The van der Waals surface area contributed by atoms with Crippen molar-refractivity contribution in [1.82, 2.24) is 20.5 Å². The number of aromatic amines is 1. The van der Waals surface area contributed by atoms with Gasteiger partial charge in [0.15, 0.2) is 10.8 Å². The molecule has 2 aromatic heterocycles. The maximum absolute atomic E-state index is 12.2. The molecule has 1 aliphatic rings. The van der Waals surface area contributed by atoms with E-state index in [4.69, 9.17) is 0 Å². The average molecular weight is 277 g/mol. The lowest BCUT2D eigenvalue weighted by Crippen LogP contribution is -2.25. The Morgan fingerprint density at radius 3 is 3.00 bits per heavy atom. The molecule has 0 atom stereocenters. The van der Waals surface area contributed by atoms with E-state index < -0.39 is 0 Å². The zero-order valence-electron chi connectivity index (χ0n) is 10.8. The standard InChI is InChI=1S/C12H15N5OS/c1-6-7(2)19-12(14-6)15-11(18)10-8-5-13-4-3-9(8)16-17-10/h13H,3-5H2,1-2H3,(H,16,17)(H,14,15,18). The first-order valence-corrected chi connectivity index (χ1v) is 6.99. The number of aromatic nitrogens is 3. The van der Waals surface area contributed by atoms with Gasteiger partial charge < -0.3 is 5.32 Å². The number of nitrogens with one attached hydrogen (secondary N) is 3. The van der Waals surface area contributed by atoms with Gasteiger partial charge in [0.05, 0.1) is 5.69 Å². The van der Waals surface area contributed by atoms with E-state index in [9.17, 15) is 4.79 Å². The van der Waals surface area contributed by atoms with Crippen LogP contribution < -0.4 is 10.6 Å². The number of nitrogens with zero attached hydrogens (tertiary/aromatic N) is 2. The minimum absolute atomic E-state index is 0.199. The van der Waals surface area contributed by atoms with Gasteiger partial charge in [-0.2, -0.15) is 5.10 Å². The van der Waals surface area contributed by atoms with Gasteiger partial charge >= 0.3 is 0 Å². The summed E-state index contributed by atoms with van der Waals surface area (Å²) >= 11 is 1.48. The molecule has 0 radical (unpaired) electrons. The second-order valence-corrected chi connectivity index (χ2v) is 5.77. The summed E-state index contributed by atoms with van der Waals surface area (Å²) in [6.07, 6.45) is 0.880. The third-order valence-corrected chi connectivity index (χ3v) is 4.26. The van der Waals surface area contributed by atoms with Gasteiger partial charge in [0.25, 0.3) is 5.91 Å². The van der Waals surface area contributed by atoms with Crippen LogP contribution in [-0.4, -0.2) is 27.6 Å². The predicted molar refractivity (Wildman–Crippen MR) is 73.5 cm³/mol. The Labute approximate surface area is 114 Å². The van der Waals surface area contributed by atoms with Gasteiger partial charge in [0, 0.05) is 35.6 Å². The number of rotatable bonds is 2. The van der Waals surface area contributed by atoms with Crippen molar-refractivity contribution in [2.24, 2.45) is 0 Å². The molecule has 0 unspecified atom stereocenters. The number of carbonyl (C=O) groups excluding carboxylic acids is 1. The highest BCUT2D eigenvalue weighted by atomic mass is 32.1. The van der Waals surface area contributed by atoms with E-state index in [2.05, 4.69) is 25.8 Å². The second-order valence-electron chi connectivity index (χ2n) is 4.57. The fourth-order valence-electron chi connectivity index (χ4n) is 2.10. The Hall–Kier alpha value is -1.73. The maximum atomic E-state index is 12.2. The van der Waals surface area contributed by atoms with Crippen LogP contribution in [0.5, 0.6) is 0 Å². The zero-order chi connectivity index (χ0) is 13.4. The van der Waals surface area contributed by atoms with E-state index in [1.165, 1.54) is 11.3 Å². The van der Waals surface area contributed by atoms with Crippen molar-refractivity contribution < 1.29 is 4.79 Å². The Balaban J connectivity index is 1.82. The molecule has 0 saturated heterocycles. The van der Waals surface area contributed by atoms with Crippen LogP contribution >= 0.6 is 11.3 Å². The number of thiazole rings is 1. The third-order valence-electron chi connectivity index (χ3n) is 3.27. The van der Waals surface area contributed by atoms with Crippen molar-refractivity contribution in [3.63, 3.8) is 0 Å². The molecule has 0 aromatic carbocycles. The van der Waals surface area contributed by atoms with Crippen LogP contribution in [0, 0.1) is 13.8 Å². The molecule has 0 bridgehead atoms. The van der Waals surface area contributed by atoms with Gasteiger partial charge in [0.1, 0.15) is 0 Å². The molecule has 1 amide bonds. The monoisotopic (exact) mass is 277 g/mol. The molecule has 1 aliphatic heterocycles. The quantitative estimate of drug-likeness (QED) is 0.774. The summed E-state index contributed by atoms with van der Waals surface area (Å²) in [5, 5.41) is 13.8. The van der Waals surface area contributed by atoms with Crippen molar-refractivity contribution in [3.8, 4) is 0 Å². The summed E-state index contributed by atoms with van der Waals surface area (Å²) in [5.41, 5.74) is 3.43. The molecule has 7 heteroatoms. The lowest BCUT2D eigenvalue weighted by Gasteiger charge is -2.12. The molecular formula is C12H15N5OS. The van der Waals surface area contributed by atoms with Gasteiger partial charge in [-0.15, -0.1) is 11.3 Å². The van der Waals surface area contributed by atoms with Gasteiger partial charge in [-0.3, -0.25) is 15.2 Å². The second kappa shape index (κ2) is 4.75. The Morgan fingerprint density at radius 2 is 2.26 bits per heavy atom. The Morgan fingerprint density at radius 1 is 1.42 bits per heavy atom. The number of aryl methyl sites for hydroxylation is 2. The molecule has 3 rings (SSSR count). The summed E-state index contributed by atoms with van der Waals surface area (Å²) in [6.45, 7) is 5.52. The van der Waals surface area contributed by atoms with E-state index in [1.54, 1.807) is 0 Å². The van der Waals surface area contributed by atoms with Gasteiger partial charge in [-0.05, 0) is 13.8 Å². The maximum Gasteiger partial charge on any atom is 0.278 e. The van der Waals surface area contributed by atoms with Crippen LogP contribution in [0.3, 0.4) is 0 Å². The number of hydrogen-bond donors (Lipinski definition) is 3. The molecule has 100 valence electrons. The van der Waals surface area contributed by atoms with Crippen molar-refractivity contribution in [1.29, 1.82) is 0 Å². The summed E-state index contributed by atoms with van der Waals surface area (Å²) in [7, 11) is 0. The van der Waals surface area contributed by atoms with E-state index >= 15 is 0 Å². The van der Waals surface area contributed by atoms with Crippen LogP contribution in [0.25, 0.3) is 0 Å². The lowest BCUT2D eigenvalue weighted by atomic mass is 10.1. The minimum Gasteiger partial charge on any atom is -0.312 e. The lowest BCUT2D eigenvalue weighted by molar-refractivity contribution is 0.102. The first kappa shape index (κ1) is 12.3. The summed E-state index contributed by atoms with van der Waals surface area (Å²) in [5.74, 6) is -0.199. The number of anilines is 1. The van der Waals surface area contributed by atoms with E-state index in [0.717, 1.165) is 34.8 Å². The van der Waals surface area contributed by atoms with Crippen molar-refractivity contribution in [3.05, 3.63) is 27.5 Å². The molecule has 6 nitrogen and oxygen atoms in total. The number of fused-ring (bicyclic) bond motifs is 1. The molecule has 2 aromatic rings. The minimum atomic E-state index is -0.199. The number of carbonyl (C=O) groups is 1. The SMILES string of the molecule is Cc1nc(NC(=O)c2n[nH]c3c2CNCC3)sc1C. The highest BCUT2D eigenvalue weighted by Gasteiger charge is 2.22. The molecule has 19 heavy (non-hydrogen) atoms. The fraction of sp³-hybridized carbons (Fsp3) is 0.417. The topological polar surface area (TPSA) is 82.7 Å². The van der Waals surface area contributed by atoms with Crippen LogP contribution in [-0.2, 0) is 13.0 Å². The van der Waals surface area contributed by atoms with E-state index in [-0.39, 0.29) is 5.91 Å². The first-order valence-electron chi connectivity index (χ1n) is 6.17. The number of H-pyrrole nitrogens is 1. The molecular weight excluding hydrogens is 262 g/mol. The van der Waals surface area contributed by atoms with Gasteiger partial charge in [-0.1, -0.05) is 0 Å². The predicted octanol–water partition coefficient (Wildman–Crippen LogP) is 1.38. The smallest absolute Gasteiger partial charge is 0.278 e. The van der Waals surface area contributed by atoms with Crippen molar-refractivity contribution in [2.45, 2.75) is 26.8 Å². The molecule has 3 heterocycles. The van der Waals surface area contributed by atoms with E-state index in [1.807, 2.05) is 13.8 Å². The van der Waals surface area contributed by atoms with Crippen molar-refractivity contribution >= 4 is 22.4 Å². The number of hydrogen-bond acceptors (Lipinski definition) is 5. The van der Waals surface area contributed by atoms with Crippen LogP contribution in [0.4, 0.5) is 5.13 Å². The van der Waals surface area contributed by atoms with Crippen LogP contribution in [0.2, 0.25) is 0 Å². The van der Waals surface area contributed by atoms with E-state index in [0.29, 0.717) is 17.4 Å². The van der Waals surface area contributed by atoms with Crippen LogP contribution in [0.1, 0.15) is 32.3 Å². The molecule has 0 fully saturated rings.